The van der Waals surface area contributed by atoms with Crippen LogP contribution < -0.4 is 4.90 Å². The van der Waals surface area contributed by atoms with Crippen LogP contribution in [-0.4, -0.2) is 4.57 Å². The van der Waals surface area contributed by atoms with Crippen molar-refractivity contribution in [3.8, 4) is 16.8 Å². The molecule has 0 atom stereocenters. The van der Waals surface area contributed by atoms with Crippen molar-refractivity contribution in [3.05, 3.63) is 229 Å². The molecule has 0 bridgehead atoms. The molecule has 1 spiro atoms. The zero-order valence-corrected chi connectivity index (χ0v) is 31.0. The second-order valence-corrected chi connectivity index (χ2v) is 15.6. The first-order chi connectivity index (χ1) is 28.3. The Bertz CT molecular complexity index is 3420. The van der Waals surface area contributed by atoms with Crippen LogP contribution in [0, 0.1) is 0 Å². The molecule has 2 aliphatic carbocycles. The number of hydrogen-bond donors (Lipinski definition) is 0. The van der Waals surface area contributed by atoms with Gasteiger partial charge in [-0.1, -0.05) is 164 Å². The van der Waals surface area contributed by atoms with Crippen LogP contribution in [-0.2, 0) is 5.41 Å². The SMILES string of the molecule is c1ccc(N(c2cccc3c2ccc2ccccc23)c2cc3c4c5c(cccc25)C2(c5ccccc5-c5ccccc52)c2cccc(c24)n3-c2ccccc2)cc1. The van der Waals surface area contributed by atoms with E-state index < -0.39 is 5.41 Å². The van der Waals surface area contributed by atoms with E-state index in [-0.39, 0.29) is 0 Å². The molecule has 0 fully saturated rings. The van der Waals surface area contributed by atoms with Gasteiger partial charge in [-0.05, 0) is 97.4 Å². The number of aromatic nitrogens is 1. The summed E-state index contributed by atoms with van der Waals surface area (Å²) in [5.41, 5.74) is 14.5. The molecule has 10 aromatic carbocycles. The van der Waals surface area contributed by atoms with Gasteiger partial charge in [0.25, 0.3) is 0 Å². The Balaban J connectivity index is 1.25. The van der Waals surface area contributed by atoms with E-state index in [9.17, 15) is 0 Å². The van der Waals surface area contributed by atoms with Gasteiger partial charge in [-0.3, -0.25) is 0 Å². The first-order valence-electron chi connectivity index (χ1n) is 19.9. The zero-order chi connectivity index (χ0) is 37.2. The van der Waals surface area contributed by atoms with Crippen LogP contribution in [0.15, 0.2) is 206 Å². The van der Waals surface area contributed by atoms with E-state index in [1.54, 1.807) is 0 Å². The van der Waals surface area contributed by atoms with Gasteiger partial charge in [0.2, 0.25) is 0 Å². The van der Waals surface area contributed by atoms with Gasteiger partial charge in [-0.2, -0.15) is 0 Å². The summed E-state index contributed by atoms with van der Waals surface area (Å²) in [4.78, 5) is 2.52. The molecule has 57 heavy (non-hydrogen) atoms. The molecule has 0 aliphatic heterocycles. The third-order valence-corrected chi connectivity index (χ3v) is 12.9. The van der Waals surface area contributed by atoms with Gasteiger partial charge in [0.05, 0.1) is 27.8 Å². The van der Waals surface area contributed by atoms with E-state index in [1.807, 2.05) is 0 Å². The predicted molar refractivity (Wildman–Crippen MR) is 239 cm³/mol. The Morgan fingerprint density at radius 2 is 0.947 bits per heavy atom. The molecule has 11 aromatic rings. The van der Waals surface area contributed by atoms with Crippen molar-refractivity contribution in [3.63, 3.8) is 0 Å². The molecule has 0 saturated carbocycles. The molecule has 0 radical (unpaired) electrons. The second kappa shape index (κ2) is 11.3. The van der Waals surface area contributed by atoms with E-state index in [2.05, 4.69) is 216 Å². The topological polar surface area (TPSA) is 8.17 Å². The van der Waals surface area contributed by atoms with Gasteiger partial charge in [0, 0.05) is 32.9 Å². The molecular formula is C55H34N2. The maximum atomic E-state index is 2.52. The molecule has 2 nitrogen and oxygen atoms in total. The second-order valence-electron chi connectivity index (χ2n) is 15.6. The van der Waals surface area contributed by atoms with Crippen LogP contribution in [0.4, 0.5) is 17.1 Å². The lowest BCUT2D eigenvalue weighted by molar-refractivity contribution is 0.783. The van der Waals surface area contributed by atoms with Crippen molar-refractivity contribution >= 4 is 71.2 Å². The smallest absolute Gasteiger partial charge is 0.0726 e. The number of rotatable bonds is 4. The van der Waals surface area contributed by atoms with E-state index in [1.165, 1.54) is 87.5 Å². The molecule has 0 amide bonds. The third-order valence-electron chi connectivity index (χ3n) is 12.9. The summed E-state index contributed by atoms with van der Waals surface area (Å²) >= 11 is 0. The zero-order valence-electron chi connectivity index (χ0n) is 31.0. The van der Waals surface area contributed by atoms with Gasteiger partial charge in [0.1, 0.15) is 0 Å². The Morgan fingerprint density at radius 1 is 0.351 bits per heavy atom. The Kier molecular flexibility index (Phi) is 6.13. The summed E-state index contributed by atoms with van der Waals surface area (Å²) in [6, 6.07) is 76.8. The largest absolute Gasteiger partial charge is 0.309 e. The minimum Gasteiger partial charge on any atom is -0.309 e. The fraction of sp³-hybridized carbons (Fsp3) is 0.0182. The van der Waals surface area contributed by atoms with Crippen molar-refractivity contribution < 1.29 is 0 Å². The number of benzene rings is 10. The van der Waals surface area contributed by atoms with Crippen molar-refractivity contribution in [2.75, 3.05) is 4.90 Å². The molecule has 1 aromatic heterocycles. The minimum atomic E-state index is -0.496. The average molecular weight is 723 g/mol. The fourth-order valence-electron chi connectivity index (χ4n) is 10.8. The molecular weight excluding hydrogens is 689 g/mol. The fourth-order valence-corrected chi connectivity index (χ4v) is 10.8. The number of nitrogens with zero attached hydrogens (tertiary/aromatic N) is 2. The van der Waals surface area contributed by atoms with Crippen LogP contribution >= 0.6 is 0 Å². The minimum absolute atomic E-state index is 0.496. The van der Waals surface area contributed by atoms with Crippen molar-refractivity contribution in [1.82, 2.24) is 4.57 Å². The van der Waals surface area contributed by atoms with E-state index in [0.29, 0.717) is 0 Å². The standard InChI is InChI=1S/C55H34N2/c1-3-17-36(18-4-1)56(48-30-14-24-39-38-21-8-7-16-35(38)32-33-42(39)48)50-34-51-54-52-43(50)25-13-28-46(52)55(44-26-11-9-22-40(44)41-23-10-12-27-45(41)55)47-29-15-31-49(53(47)54)57(51)37-19-5-2-6-20-37/h1-34H. The summed E-state index contributed by atoms with van der Waals surface area (Å²) in [6.07, 6.45) is 0. The summed E-state index contributed by atoms with van der Waals surface area (Å²) < 4.78 is 2.51. The first kappa shape index (κ1) is 30.9. The van der Waals surface area contributed by atoms with Gasteiger partial charge in [-0.25, -0.2) is 0 Å². The van der Waals surface area contributed by atoms with Gasteiger partial charge in [0.15, 0.2) is 0 Å². The lowest BCUT2D eigenvalue weighted by Crippen LogP contribution is -2.30. The van der Waals surface area contributed by atoms with Gasteiger partial charge >= 0.3 is 0 Å². The molecule has 2 heteroatoms. The third kappa shape index (κ3) is 3.89. The number of hydrogen-bond acceptors (Lipinski definition) is 1. The van der Waals surface area contributed by atoms with Crippen molar-refractivity contribution in [2.45, 2.75) is 5.41 Å². The molecule has 264 valence electrons. The number of para-hydroxylation sites is 2. The summed E-state index contributed by atoms with van der Waals surface area (Å²) in [7, 11) is 0. The Morgan fingerprint density at radius 3 is 1.74 bits per heavy atom. The molecule has 0 N–H and O–H groups in total. The highest BCUT2D eigenvalue weighted by molar-refractivity contribution is 6.29. The average Bonchev–Trinajstić information content (AvgIpc) is 3.77. The lowest BCUT2D eigenvalue weighted by Gasteiger charge is -2.38. The van der Waals surface area contributed by atoms with Gasteiger partial charge < -0.3 is 9.47 Å². The van der Waals surface area contributed by atoms with E-state index in [4.69, 9.17) is 0 Å². The highest BCUT2D eigenvalue weighted by Crippen LogP contribution is 2.63. The summed E-state index contributed by atoms with van der Waals surface area (Å²) in [6.45, 7) is 0. The lowest BCUT2D eigenvalue weighted by atomic mass is 9.63. The van der Waals surface area contributed by atoms with Crippen LogP contribution in [0.25, 0.3) is 70.9 Å². The van der Waals surface area contributed by atoms with Crippen LogP contribution in [0.1, 0.15) is 22.3 Å². The predicted octanol–water partition coefficient (Wildman–Crippen LogP) is 14.4. The number of anilines is 3. The van der Waals surface area contributed by atoms with Crippen LogP contribution in [0.5, 0.6) is 0 Å². The molecule has 1 heterocycles. The van der Waals surface area contributed by atoms with Crippen molar-refractivity contribution in [2.24, 2.45) is 0 Å². The summed E-state index contributed by atoms with van der Waals surface area (Å²) in [5, 5.41) is 10.2. The summed E-state index contributed by atoms with van der Waals surface area (Å²) in [5.74, 6) is 0. The Labute approximate surface area is 330 Å². The molecule has 0 saturated heterocycles. The molecule has 2 aliphatic rings. The van der Waals surface area contributed by atoms with Crippen LogP contribution in [0.3, 0.4) is 0 Å². The normalized spacial score (nSPS) is 13.4. The highest BCUT2D eigenvalue weighted by atomic mass is 15.1. The van der Waals surface area contributed by atoms with Gasteiger partial charge in [-0.15, -0.1) is 0 Å². The maximum absolute atomic E-state index is 2.52. The molecule has 13 rings (SSSR count). The maximum Gasteiger partial charge on any atom is 0.0726 e. The quantitative estimate of drug-likeness (QED) is 0.164. The van der Waals surface area contributed by atoms with E-state index >= 15 is 0 Å². The monoisotopic (exact) mass is 722 g/mol. The first-order valence-corrected chi connectivity index (χ1v) is 19.9. The van der Waals surface area contributed by atoms with E-state index in [0.717, 1.165) is 22.7 Å². The van der Waals surface area contributed by atoms with Crippen molar-refractivity contribution in [1.29, 1.82) is 0 Å². The van der Waals surface area contributed by atoms with Crippen LogP contribution in [0.2, 0.25) is 0 Å². The molecule has 0 unspecified atom stereocenters. The Hall–Kier alpha value is -7.42. The number of fused-ring (bicyclic) bond motifs is 10. The highest BCUT2D eigenvalue weighted by Gasteiger charge is 2.50.